The average Bonchev–Trinajstić information content (AvgIpc) is 2.31. The molecular weight excluding hydrogens is 307 g/mol. The lowest BCUT2D eigenvalue weighted by Gasteiger charge is -2.01. The molecule has 0 unspecified atom stereocenters. The van der Waals surface area contributed by atoms with E-state index in [1.807, 2.05) is 6.08 Å². The third kappa shape index (κ3) is 14.5. The molecule has 0 rings (SSSR count). The predicted molar refractivity (Wildman–Crippen MR) is 84.5 cm³/mol. The zero-order chi connectivity index (χ0) is 11.9. The molecule has 0 aliphatic carbocycles. The monoisotopic (exact) mass is 336 g/mol. The van der Waals surface area contributed by atoms with Crippen LogP contribution in [0, 0.1) is 0 Å². The van der Waals surface area contributed by atoms with E-state index < -0.39 is 0 Å². The number of alkyl halides is 1. The minimum Gasteiger partial charge on any atom is -0.103 e. The van der Waals surface area contributed by atoms with Crippen molar-refractivity contribution in [1.29, 1.82) is 0 Å². The van der Waals surface area contributed by atoms with Crippen molar-refractivity contribution in [3.8, 4) is 0 Å². The van der Waals surface area contributed by atoms with Gasteiger partial charge >= 0.3 is 0 Å². The summed E-state index contributed by atoms with van der Waals surface area (Å²) >= 11 is 2.47. The van der Waals surface area contributed by atoms with Gasteiger partial charge < -0.3 is 0 Å². The molecule has 0 radical (unpaired) electrons. The molecule has 0 bridgehead atoms. The number of hydrogen-bond donors (Lipinski definition) is 0. The fourth-order valence-corrected chi connectivity index (χ4v) is 2.51. The molecular formula is C15H29I. The van der Waals surface area contributed by atoms with Gasteiger partial charge in [0.2, 0.25) is 0 Å². The molecule has 0 saturated carbocycles. The normalized spacial score (nSPS) is 10.6. The second kappa shape index (κ2) is 15.5. The minimum atomic E-state index is 1.21. The van der Waals surface area contributed by atoms with Crippen LogP contribution in [0.2, 0.25) is 0 Å². The first-order valence-corrected chi connectivity index (χ1v) is 8.61. The van der Waals surface area contributed by atoms with Gasteiger partial charge in [-0.05, 0) is 23.7 Å². The molecule has 16 heavy (non-hydrogen) atoms. The van der Waals surface area contributed by atoms with Gasteiger partial charge in [-0.2, -0.15) is 0 Å². The van der Waals surface area contributed by atoms with E-state index in [1.165, 1.54) is 81.5 Å². The Morgan fingerprint density at radius 1 is 0.625 bits per heavy atom. The Labute approximate surface area is 116 Å². The highest BCUT2D eigenvalue weighted by atomic mass is 127. The number of allylic oxidation sites excluding steroid dienone is 1. The van der Waals surface area contributed by atoms with E-state index in [0.717, 1.165) is 0 Å². The first-order valence-electron chi connectivity index (χ1n) is 7.08. The zero-order valence-electron chi connectivity index (χ0n) is 10.9. The van der Waals surface area contributed by atoms with Crippen LogP contribution in [0.5, 0.6) is 0 Å². The van der Waals surface area contributed by atoms with E-state index in [9.17, 15) is 0 Å². The Bertz CT molecular complexity index is 131. The van der Waals surface area contributed by atoms with Crippen molar-refractivity contribution >= 4 is 22.6 Å². The largest absolute Gasteiger partial charge is 0.103 e. The second-order valence-corrected chi connectivity index (χ2v) is 5.73. The van der Waals surface area contributed by atoms with E-state index >= 15 is 0 Å². The van der Waals surface area contributed by atoms with E-state index in [4.69, 9.17) is 0 Å². The van der Waals surface area contributed by atoms with Gasteiger partial charge in [0.1, 0.15) is 0 Å². The first-order chi connectivity index (χ1) is 7.91. The third-order valence-electron chi connectivity index (χ3n) is 3.04. The highest BCUT2D eigenvalue weighted by Gasteiger charge is 1.92. The van der Waals surface area contributed by atoms with Crippen molar-refractivity contribution in [3.05, 3.63) is 12.7 Å². The summed E-state index contributed by atoms with van der Waals surface area (Å²) in [5.41, 5.74) is 0. The molecule has 0 spiro atoms. The molecule has 0 aromatic carbocycles. The molecule has 0 aromatic heterocycles. The van der Waals surface area contributed by atoms with Crippen molar-refractivity contribution < 1.29 is 0 Å². The summed E-state index contributed by atoms with van der Waals surface area (Å²) < 4.78 is 1.34. The van der Waals surface area contributed by atoms with Gasteiger partial charge in [0.15, 0.2) is 0 Å². The fraction of sp³-hybridized carbons (Fsp3) is 0.867. The summed E-state index contributed by atoms with van der Waals surface area (Å²) in [6.45, 7) is 3.75. The molecule has 0 aliphatic rings. The lowest BCUT2D eigenvalue weighted by atomic mass is 10.1. The number of rotatable bonds is 13. The maximum Gasteiger partial charge on any atom is -0.000473 e. The van der Waals surface area contributed by atoms with Gasteiger partial charge in [0.05, 0.1) is 0 Å². The highest BCUT2D eigenvalue weighted by molar-refractivity contribution is 14.1. The van der Waals surface area contributed by atoms with Crippen LogP contribution in [0.25, 0.3) is 0 Å². The summed E-state index contributed by atoms with van der Waals surface area (Å²) in [4.78, 5) is 0. The third-order valence-corrected chi connectivity index (χ3v) is 3.80. The van der Waals surface area contributed by atoms with Crippen LogP contribution in [0.4, 0.5) is 0 Å². The van der Waals surface area contributed by atoms with Crippen molar-refractivity contribution in [2.45, 2.75) is 77.0 Å². The quantitative estimate of drug-likeness (QED) is 0.160. The Hall–Kier alpha value is 0.470. The summed E-state index contributed by atoms with van der Waals surface area (Å²) in [5, 5.41) is 0. The van der Waals surface area contributed by atoms with Gasteiger partial charge in [0.25, 0.3) is 0 Å². The lowest BCUT2D eigenvalue weighted by Crippen LogP contribution is -1.82. The Morgan fingerprint density at radius 2 is 1.00 bits per heavy atom. The number of unbranched alkanes of at least 4 members (excludes halogenated alkanes) is 11. The van der Waals surface area contributed by atoms with Crippen LogP contribution in [0.3, 0.4) is 0 Å². The van der Waals surface area contributed by atoms with E-state index in [0.29, 0.717) is 0 Å². The average molecular weight is 336 g/mol. The molecule has 0 atom stereocenters. The highest BCUT2D eigenvalue weighted by Crippen LogP contribution is 2.12. The van der Waals surface area contributed by atoms with Crippen molar-refractivity contribution in [2.24, 2.45) is 0 Å². The second-order valence-electron chi connectivity index (χ2n) is 4.66. The van der Waals surface area contributed by atoms with Crippen LogP contribution in [0.15, 0.2) is 12.7 Å². The molecule has 0 fully saturated rings. The Morgan fingerprint density at radius 3 is 1.38 bits per heavy atom. The molecule has 0 aliphatic heterocycles. The van der Waals surface area contributed by atoms with Gasteiger partial charge in [-0.15, -0.1) is 6.58 Å². The summed E-state index contributed by atoms with van der Waals surface area (Å²) in [5.74, 6) is 0. The Kier molecular flexibility index (Phi) is 15.9. The zero-order valence-corrected chi connectivity index (χ0v) is 13.0. The summed E-state index contributed by atoms with van der Waals surface area (Å²) in [7, 11) is 0. The minimum absolute atomic E-state index is 1.21. The maximum atomic E-state index is 3.75. The topological polar surface area (TPSA) is 0 Å². The van der Waals surface area contributed by atoms with Crippen LogP contribution in [-0.2, 0) is 0 Å². The number of hydrogen-bond acceptors (Lipinski definition) is 0. The predicted octanol–water partition coefficient (Wildman–Crippen LogP) is 6.29. The first kappa shape index (κ1) is 16.5. The molecule has 0 N–H and O–H groups in total. The number of halogens is 1. The van der Waals surface area contributed by atoms with E-state index in [-0.39, 0.29) is 0 Å². The van der Waals surface area contributed by atoms with E-state index in [1.54, 1.807) is 0 Å². The van der Waals surface area contributed by atoms with Crippen LogP contribution in [0.1, 0.15) is 77.0 Å². The standard InChI is InChI=1S/C15H29I/c1-2-3-4-5-6-7-8-9-10-11-12-13-14-15-16/h2H,1,3-15H2. The van der Waals surface area contributed by atoms with Crippen molar-refractivity contribution in [3.63, 3.8) is 0 Å². The molecule has 0 nitrogen and oxygen atoms in total. The SMILES string of the molecule is C=CCCCCCCCCCCCCCI. The van der Waals surface area contributed by atoms with E-state index in [2.05, 4.69) is 29.2 Å². The maximum absolute atomic E-state index is 3.75. The summed E-state index contributed by atoms with van der Waals surface area (Å²) in [6, 6.07) is 0. The molecule has 96 valence electrons. The summed E-state index contributed by atoms with van der Waals surface area (Å²) in [6.07, 6.45) is 19.1. The van der Waals surface area contributed by atoms with Gasteiger partial charge in [-0.3, -0.25) is 0 Å². The van der Waals surface area contributed by atoms with Gasteiger partial charge in [-0.25, -0.2) is 0 Å². The van der Waals surface area contributed by atoms with Crippen molar-refractivity contribution in [2.75, 3.05) is 4.43 Å². The smallest absolute Gasteiger partial charge is 0.000473 e. The van der Waals surface area contributed by atoms with Gasteiger partial charge in [0, 0.05) is 0 Å². The van der Waals surface area contributed by atoms with Crippen LogP contribution >= 0.6 is 22.6 Å². The lowest BCUT2D eigenvalue weighted by molar-refractivity contribution is 0.551. The molecule has 0 amide bonds. The van der Waals surface area contributed by atoms with Crippen molar-refractivity contribution in [1.82, 2.24) is 0 Å². The van der Waals surface area contributed by atoms with Gasteiger partial charge in [-0.1, -0.05) is 86.5 Å². The van der Waals surface area contributed by atoms with Crippen LogP contribution in [-0.4, -0.2) is 4.43 Å². The fourth-order valence-electron chi connectivity index (χ4n) is 1.97. The van der Waals surface area contributed by atoms with Crippen LogP contribution < -0.4 is 0 Å². The molecule has 1 heteroatoms. The molecule has 0 saturated heterocycles. The molecule has 0 heterocycles. The Balaban J connectivity index is 2.85. The molecule has 0 aromatic rings.